The van der Waals surface area contributed by atoms with Crippen molar-refractivity contribution in [3.05, 3.63) is 94.0 Å². The van der Waals surface area contributed by atoms with Crippen LogP contribution in [0.1, 0.15) is 17.0 Å². The molecule has 0 aliphatic heterocycles. The molecular weight excluding hydrogens is 380 g/mol. The lowest BCUT2D eigenvalue weighted by Crippen LogP contribution is -2.29. The van der Waals surface area contributed by atoms with E-state index in [0.717, 1.165) is 11.1 Å². The molecule has 0 saturated carbocycles. The summed E-state index contributed by atoms with van der Waals surface area (Å²) < 4.78 is 0.653. The summed E-state index contributed by atoms with van der Waals surface area (Å²) in [6.07, 6.45) is 3.74. The second-order valence-corrected chi connectivity index (χ2v) is 6.81. The minimum atomic E-state index is -1.13. The molecule has 0 aromatic heterocycles. The molecule has 2 aromatic carbocycles. The van der Waals surface area contributed by atoms with Crippen LogP contribution in [0.4, 0.5) is 0 Å². The van der Waals surface area contributed by atoms with Gasteiger partial charge in [0.15, 0.2) is 5.78 Å². The SMILES string of the molecule is O=C(O)C1C=CC(Br)=C(C(Cc2ccccc2)c2ccccc2)C1=O. The van der Waals surface area contributed by atoms with Gasteiger partial charge in [0.05, 0.1) is 0 Å². The van der Waals surface area contributed by atoms with Crippen molar-refractivity contribution >= 4 is 27.7 Å². The van der Waals surface area contributed by atoms with Crippen molar-refractivity contribution in [3.63, 3.8) is 0 Å². The Hall–Kier alpha value is -2.46. The molecule has 2 aromatic rings. The van der Waals surface area contributed by atoms with Crippen LogP contribution in [-0.2, 0) is 16.0 Å². The van der Waals surface area contributed by atoms with Crippen molar-refractivity contribution in [3.8, 4) is 0 Å². The van der Waals surface area contributed by atoms with Gasteiger partial charge >= 0.3 is 5.97 Å². The van der Waals surface area contributed by atoms with Gasteiger partial charge in [-0.2, -0.15) is 0 Å². The van der Waals surface area contributed by atoms with E-state index in [2.05, 4.69) is 15.9 Å². The average molecular weight is 397 g/mol. The lowest BCUT2D eigenvalue weighted by molar-refractivity contribution is -0.143. The maximum atomic E-state index is 12.9. The fourth-order valence-corrected chi connectivity index (χ4v) is 3.72. The first-order chi connectivity index (χ1) is 12.1. The van der Waals surface area contributed by atoms with Gasteiger partial charge in [0, 0.05) is 16.0 Å². The molecule has 1 aliphatic rings. The van der Waals surface area contributed by atoms with Crippen LogP contribution in [0.2, 0.25) is 0 Å². The summed E-state index contributed by atoms with van der Waals surface area (Å²) in [6, 6.07) is 19.6. The molecule has 0 saturated heterocycles. The van der Waals surface area contributed by atoms with Crippen molar-refractivity contribution in [2.45, 2.75) is 12.3 Å². The Morgan fingerprint density at radius 3 is 2.24 bits per heavy atom. The highest BCUT2D eigenvalue weighted by molar-refractivity contribution is 9.12. The van der Waals surface area contributed by atoms with Crippen LogP contribution in [0.5, 0.6) is 0 Å². The molecule has 3 nitrogen and oxygen atoms in total. The quantitative estimate of drug-likeness (QED) is 0.756. The van der Waals surface area contributed by atoms with Crippen LogP contribution < -0.4 is 0 Å². The van der Waals surface area contributed by atoms with Crippen LogP contribution in [0.25, 0.3) is 0 Å². The molecule has 0 radical (unpaired) electrons. The topological polar surface area (TPSA) is 54.4 Å². The lowest BCUT2D eigenvalue weighted by atomic mass is 9.78. The summed E-state index contributed by atoms with van der Waals surface area (Å²) in [5.74, 6) is -2.81. The summed E-state index contributed by atoms with van der Waals surface area (Å²) in [6.45, 7) is 0. The van der Waals surface area contributed by atoms with E-state index >= 15 is 0 Å². The van der Waals surface area contributed by atoms with E-state index in [9.17, 15) is 14.7 Å². The van der Waals surface area contributed by atoms with Gasteiger partial charge in [-0.3, -0.25) is 9.59 Å². The molecule has 0 fully saturated rings. The zero-order chi connectivity index (χ0) is 17.8. The van der Waals surface area contributed by atoms with Crippen molar-refractivity contribution in [2.24, 2.45) is 5.92 Å². The number of rotatable bonds is 5. The summed E-state index contributed by atoms with van der Waals surface area (Å²) in [5.41, 5.74) is 2.61. The van der Waals surface area contributed by atoms with Crippen LogP contribution in [-0.4, -0.2) is 16.9 Å². The Kier molecular flexibility index (Phi) is 5.29. The molecule has 4 heteroatoms. The molecule has 0 bridgehead atoms. The van der Waals surface area contributed by atoms with Gasteiger partial charge in [0.1, 0.15) is 5.92 Å². The number of aliphatic carboxylic acids is 1. The molecule has 0 heterocycles. The zero-order valence-corrected chi connectivity index (χ0v) is 15.0. The first kappa shape index (κ1) is 17.4. The van der Waals surface area contributed by atoms with Gasteiger partial charge in [-0.15, -0.1) is 0 Å². The molecular formula is C21H17BrO3. The Bertz CT molecular complexity index is 838. The standard InChI is InChI=1S/C21H17BrO3/c22-18-12-11-16(21(24)25)20(23)19(18)17(15-9-5-2-6-10-15)13-14-7-3-1-4-8-14/h1-12,16-17H,13H2,(H,24,25). The van der Waals surface area contributed by atoms with Crippen molar-refractivity contribution in [2.75, 3.05) is 0 Å². The van der Waals surface area contributed by atoms with Gasteiger partial charge in [0.25, 0.3) is 0 Å². The fourth-order valence-electron chi connectivity index (χ4n) is 3.10. The first-order valence-corrected chi connectivity index (χ1v) is 8.81. The zero-order valence-electron chi connectivity index (χ0n) is 13.4. The molecule has 2 unspecified atom stereocenters. The average Bonchev–Trinajstić information content (AvgIpc) is 2.62. The highest BCUT2D eigenvalue weighted by Crippen LogP contribution is 2.37. The van der Waals surface area contributed by atoms with Gasteiger partial charge < -0.3 is 5.11 Å². The second kappa shape index (κ2) is 7.62. The van der Waals surface area contributed by atoms with E-state index in [4.69, 9.17) is 0 Å². The lowest BCUT2D eigenvalue weighted by Gasteiger charge is -2.25. The number of hydrogen-bond acceptors (Lipinski definition) is 2. The summed E-state index contributed by atoms with van der Waals surface area (Å²) in [5, 5.41) is 9.34. The molecule has 126 valence electrons. The predicted molar refractivity (Wildman–Crippen MR) is 101 cm³/mol. The van der Waals surface area contributed by atoms with E-state index in [1.165, 1.54) is 6.08 Å². The predicted octanol–water partition coefficient (Wildman–Crippen LogP) is 4.50. The molecule has 2 atom stereocenters. The monoisotopic (exact) mass is 396 g/mol. The number of carboxylic acids is 1. The van der Waals surface area contributed by atoms with Gasteiger partial charge in [-0.25, -0.2) is 0 Å². The Morgan fingerprint density at radius 1 is 1.04 bits per heavy atom. The van der Waals surface area contributed by atoms with E-state index < -0.39 is 11.9 Å². The van der Waals surface area contributed by atoms with Crippen LogP contribution >= 0.6 is 15.9 Å². The Morgan fingerprint density at radius 2 is 1.64 bits per heavy atom. The molecule has 3 rings (SSSR count). The number of hydrogen-bond donors (Lipinski definition) is 1. The van der Waals surface area contributed by atoms with Gasteiger partial charge in [-0.05, 0) is 17.5 Å². The van der Waals surface area contributed by atoms with Crippen LogP contribution in [0, 0.1) is 5.92 Å². The van der Waals surface area contributed by atoms with E-state index in [0.29, 0.717) is 16.5 Å². The normalized spacial score (nSPS) is 18.3. The first-order valence-electron chi connectivity index (χ1n) is 8.01. The molecule has 1 N–H and O–H groups in total. The fraction of sp³-hybridized carbons (Fsp3) is 0.143. The minimum absolute atomic E-state index is 0.211. The summed E-state index contributed by atoms with van der Waals surface area (Å²) in [4.78, 5) is 24.3. The largest absolute Gasteiger partial charge is 0.480 e. The van der Waals surface area contributed by atoms with Gasteiger partial charge in [0.2, 0.25) is 0 Å². The minimum Gasteiger partial charge on any atom is -0.480 e. The number of ketones is 1. The Balaban J connectivity index is 2.06. The number of benzene rings is 2. The maximum absolute atomic E-state index is 12.9. The van der Waals surface area contributed by atoms with Gasteiger partial charge in [-0.1, -0.05) is 88.7 Å². The van der Waals surface area contributed by atoms with Crippen molar-refractivity contribution < 1.29 is 14.7 Å². The molecule has 0 amide bonds. The van der Waals surface area contributed by atoms with E-state index in [-0.39, 0.29) is 11.7 Å². The number of carboxylic acid groups (broad SMARTS) is 1. The summed E-state index contributed by atoms with van der Waals surface area (Å²) in [7, 11) is 0. The highest BCUT2D eigenvalue weighted by Gasteiger charge is 2.35. The number of Topliss-reactive ketones (excluding diaryl/α,β-unsaturated/α-hetero) is 1. The number of carbonyl (C=O) groups excluding carboxylic acids is 1. The maximum Gasteiger partial charge on any atom is 0.318 e. The number of halogens is 1. The third kappa shape index (κ3) is 3.80. The number of allylic oxidation sites excluding steroid dienone is 3. The van der Waals surface area contributed by atoms with Crippen LogP contribution in [0.3, 0.4) is 0 Å². The van der Waals surface area contributed by atoms with Crippen molar-refractivity contribution in [1.29, 1.82) is 0 Å². The molecule has 1 aliphatic carbocycles. The highest BCUT2D eigenvalue weighted by atomic mass is 79.9. The van der Waals surface area contributed by atoms with Crippen molar-refractivity contribution in [1.82, 2.24) is 0 Å². The molecule has 25 heavy (non-hydrogen) atoms. The second-order valence-electron chi connectivity index (χ2n) is 5.95. The van der Waals surface area contributed by atoms with Crippen LogP contribution in [0.15, 0.2) is 82.9 Å². The smallest absolute Gasteiger partial charge is 0.318 e. The van der Waals surface area contributed by atoms with E-state index in [1.807, 2.05) is 60.7 Å². The summed E-state index contributed by atoms with van der Waals surface area (Å²) >= 11 is 3.46. The number of carbonyl (C=O) groups is 2. The molecule has 0 spiro atoms. The third-order valence-corrected chi connectivity index (χ3v) is 5.03. The van der Waals surface area contributed by atoms with E-state index in [1.54, 1.807) is 6.08 Å². The Labute approximate surface area is 154 Å². The third-order valence-electron chi connectivity index (χ3n) is 4.34.